The third kappa shape index (κ3) is 15.7. The summed E-state index contributed by atoms with van der Waals surface area (Å²) in [6.45, 7) is 5.19. The Kier molecular flexibility index (Phi) is 18.1. The molecule has 0 aliphatic rings. The zero-order valence-corrected chi connectivity index (χ0v) is 24.5. The molecule has 0 radical (unpaired) electrons. The van der Waals surface area contributed by atoms with E-state index in [2.05, 4.69) is 26.6 Å². The normalized spacial score (nSPS) is 14.4. The molecule has 17 heteroatoms. The van der Waals surface area contributed by atoms with Crippen molar-refractivity contribution in [1.29, 1.82) is 5.41 Å². The minimum absolute atomic E-state index is 0.0303. The van der Waals surface area contributed by atoms with Crippen molar-refractivity contribution in [2.75, 3.05) is 13.1 Å². The number of nitrogens with one attached hydrogen (secondary N) is 6. The van der Waals surface area contributed by atoms with Crippen LogP contribution in [0.15, 0.2) is 0 Å². The smallest absolute Gasteiger partial charge is 0.326 e. The van der Waals surface area contributed by atoms with Gasteiger partial charge in [0.25, 0.3) is 0 Å². The average molecular weight is 601 g/mol. The highest BCUT2D eigenvalue weighted by molar-refractivity contribution is 5.95. The number of guanidine groups is 1. The van der Waals surface area contributed by atoms with Crippen molar-refractivity contribution in [3.05, 3.63) is 0 Å². The summed E-state index contributed by atoms with van der Waals surface area (Å²) in [5.41, 5.74) is 21.7. The van der Waals surface area contributed by atoms with E-state index in [1.165, 1.54) is 6.92 Å². The first-order valence-electron chi connectivity index (χ1n) is 13.9. The van der Waals surface area contributed by atoms with E-state index in [0.29, 0.717) is 19.4 Å². The van der Waals surface area contributed by atoms with Gasteiger partial charge in [-0.15, -0.1) is 0 Å². The lowest BCUT2D eigenvalue weighted by atomic mass is 10.0. The van der Waals surface area contributed by atoms with Crippen LogP contribution in [0, 0.1) is 11.3 Å². The quantitative estimate of drug-likeness (QED) is 0.0351. The van der Waals surface area contributed by atoms with E-state index in [-0.39, 0.29) is 44.6 Å². The molecule has 0 aliphatic heterocycles. The Hall–Kier alpha value is -3.99. The topological polar surface area (TPSA) is 311 Å². The zero-order chi connectivity index (χ0) is 32.4. The maximum atomic E-state index is 13.4. The molecule has 0 unspecified atom stereocenters. The van der Waals surface area contributed by atoms with E-state index >= 15 is 0 Å². The molecule has 42 heavy (non-hydrogen) atoms. The van der Waals surface area contributed by atoms with E-state index < -0.39 is 71.6 Å². The van der Waals surface area contributed by atoms with Crippen molar-refractivity contribution in [3.63, 3.8) is 0 Å². The highest BCUT2D eigenvalue weighted by Crippen LogP contribution is 2.08. The van der Waals surface area contributed by atoms with E-state index in [1.807, 2.05) is 0 Å². The molecule has 15 N–H and O–H groups in total. The summed E-state index contributed by atoms with van der Waals surface area (Å²) in [6.07, 6.45) is 1.08. The Labute approximate surface area is 245 Å². The first-order chi connectivity index (χ1) is 19.6. The summed E-state index contributed by atoms with van der Waals surface area (Å²) in [6, 6.07) is -5.76. The molecule has 0 saturated carbocycles. The molecular formula is C25H48N10O7. The standard InChI is InChI=1S/C25H48N10O7/c1-13(2)19(24(41)42)35-23(40)17(9-10-18(28)36)34-22(39)16(8-6-12-31-25(29)30)33-21(38)15(7-4-5-11-26)32-20(37)14(3)27/h13-17,19H,4-12,26-27H2,1-3H3,(H2,28,36)(H,32,37)(H,33,38)(H,34,39)(H,35,40)(H,41,42)(H4,29,30,31)/t14-,15-,16-,17-,19-/m0/s1. The van der Waals surface area contributed by atoms with Crippen LogP contribution in [-0.2, 0) is 28.8 Å². The van der Waals surface area contributed by atoms with Gasteiger partial charge < -0.3 is 54.6 Å². The number of nitrogens with two attached hydrogens (primary N) is 4. The van der Waals surface area contributed by atoms with Crippen molar-refractivity contribution in [1.82, 2.24) is 26.6 Å². The van der Waals surface area contributed by atoms with Crippen molar-refractivity contribution in [2.24, 2.45) is 28.9 Å². The van der Waals surface area contributed by atoms with Gasteiger partial charge in [-0.2, -0.15) is 0 Å². The van der Waals surface area contributed by atoms with Crippen molar-refractivity contribution in [3.8, 4) is 0 Å². The van der Waals surface area contributed by atoms with Crippen molar-refractivity contribution >= 4 is 41.5 Å². The van der Waals surface area contributed by atoms with Crippen LogP contribution < -0.4 is 49.5 Å². The predicted molar refractivity (Wildman–Crippen MR) is 154 cm³/mol. The number of carbonyl (C=O) groups excluding carboxylic acids is 5. The van der Waals surface area contributed by atoms with Gasteiger partial charge in [0.1, 0.15) is 24.2 Å². The minimum atomic E-state index is -1.35. The molecule has 5 atom stereocenters. The number of carboxylic acid groups (broad SMARTS) is 1. The Morgan fingerprint density at radius 3 is 1.64 bits per heavy atom. The summed E-state index contributed by atoms with van der Waals surface area (Å²) in [7, 11) is 0. The Balaban J connectivity index is 5.98. The fourth-order valence-electron chi connectivity index (χ4n) is 3.73. The lowest BCUT2D eigenvalue weighted by Crippen LogP contribution is -2.58. The molecule has 5 amide bonds. The summed E-state index contributed by atoms with van der Waals surface area (Å²) < 4.78 is 0. The fourth-order valence-corrected chi connectivity index (χ4v) is 3.73. The van der Waals surface area contributed by atoms with Gasteiger partial charge in [0.15, 0.2) is 5.96 Å². The lowest BCUT2D eigenvalue weighted by Gasteiger charge is -2.27. The third-order valence-electron chi connectivity index (χ3n) is 6.15. The van der Waals surface area contributed by atoms with Crippen molar-refractivity contribution in [2.45, 2.75) is 95.9 Å². The summed E-state index contributed by atoms with van der Waals surface area (Å²) in [4.78, 5) is 74.8. The second-order valence-corrected chi connectivity index (χ2v) is 10.3. The number of hydrogen-bond acceptors (Lipinski definition) is 9. The Morgan fingerprint density at radius 2 is 1.21 bits per heavy atom. The van der Waals surface area contributed by atoms with Crippen LogP contribution in [0.3, 0.4) is 0 Å². The van der Waals surface area contributed by atoms with E-state index in [0.717, 1.165) is 0 Å². The second kappa shape index (κ2) is 20.0. The summed E-state index contributed by atoms with van der Waals surface area (Å²) >= 11 is 0. The van der Waals surface area contributed by atoms with Gasteiger partial charge in [0, 0.05) is 13.0 Å². The number of rotatable bonds is 21. The molecule has 0 spiro atoms. The maximum Gasteiger partial charge on any atom is 0.326 e. The monoisotopic (exact) mass is 600 g/mol. The predicted octanol–water partition coefficient (Wildman–Crippen LogP) is -3.33. The van der Waals surface area contributed by atoms with Gasteiger partial charge in [0.2, 0.25) is 29.5 Å². The van der Waals surface area contributed by atoms with E-state index in [9.17, 15) is 33.9 Å². The number of aliphatic carboxylic acids is 1. The van der Waals surface area contributed by atoms with Gasteiger partial charge in [-0.3, -0.25) is 29.4 Å². The third-order valence-corrected chi connectivity index (χ3v) is 6.15. The molecule has 240 valence electrons. The number of unbranched alkanes of at least 4 members (excludes halogenated alkanes) is 1. The number of hydrogen-bond donors (Lipinski definition) is 11. The Bertz CT molecular complexity index is 945. The van der Waals surface area contributed by atoms with Crippen LogP contribution in [0.1, 0.15) is 65.7 Å². The molecule has 0 heterocycles. The molecule has 0 bridgehead atoms. The average Bonchev–Trinajstić information content (AvgIpc) is 2.89. The number of carbonyl (C=O) groups is 6. The number of primary amides is 1. The van der Waals surface area contributed by atoms with Crippen molar-refractivity contribution < 1.29 is 33.9 Å². The highest BCUT2D eigenvalue weighted by atomic mass is 16.4. The zero-order valence-electron chi connectivity index (χ0n) is 24.5. The SMILES string of the molecule is CC(C)[C@H](NC(=O)[C@H](CCC(N)=O)NC(=O)[C@H](CCCNC(=N)N)NC(=O)[C@H](CCCCN)NC(=O)[C@H](C)N)C(=O)O. The van der Waals surface area contributed by atoms with Gasteiger partial charge in [-0.25, -0.2) is 4.79 Å². The summed E-state index contributed by atoms with van der Waals surface area (Å²) in [5.74, 6) is -5.70. The fraction of sp³-hybridized carbons (Fsp3) is 0.720. The Morgan fingerprint density at radius 1 is 0.738 bits per heavy atom. The highest BCUT2D eigenvalue weighted by Gasteiger charge is 2.32. The second-order valence-electron chi connectivity index (χ2n) is 10.3. The molecule has 17 nitrogen and oxygen atoms in total. The molecule has 0 aromatic rings. The molecule has 0 aromatic heterocycles. The maximum absolute atomic E-state index is 13.4. The summed E-state index contributed by atoms with van der Waals surface area (Å²) in [5, 5.41) is 29.3. The first kappa shape index (κ1) is 38.0. The van der Waals surface area contributed by atoms with E-state index in [1.54, 1.807) is 13.8 Å². The minimum Gasteiger partial charge on any atom is -0.480 e. The molecule has 0 aliphatic carbocycles. The molecule has 0 aromatic carbocycles. The van der Waals surface area contributed by atoms with Gasteiger partial charge in [-0.05, 0) is 57.9 Å². The van der Waals surface area contributed by atoms with Gasteiger partial charge in [-0.1, -0.05) is 13.8 Å². The number of carboxylic acids is 1. The molecular weight excluding hydrogens is 552 g/mol. The molecule has 0 rings (SSSR count). The molecule has 0 fully saturated rings. The lowest BCUT2D eigenvalue weighted by molar-refractivity contribution is -0.143. The van der Waals surface area contributed by atoms with Gasteiger partial charge >= 0.3 is 5.97 Å². The van der Waals surface area contributed by atoms with Crippen LogP contribution in [0.5, 0.6) is 0 Å². The molecule has 0 saturated heterocycles. The first-order valence-corrected chi connectivity index (χ1v) is 13.9. The van der Waals surface area contributed by atoms with Gasteiger partial charge in [0.05, 0.1) is 6.04 Å². The van der Waals surface area contributed by atoms with Crippen LogP contribution in [0.4, 0.5) is 0 Å². The van der Waals surface area contributed by atoms with Crippen LogP contribution in [0.2, 0.25) is 0 Å². The van der Waals surface area contributed by atoms with Crippen LogP contribution >= 0.6 is 0 Å². The van der Waals surface area contributed by atoms with E-state index in [4.69, 9.17) is 28.3 Å². The largest absolute Gasteiger partial charge is 0.480 e. The van der Waals surface area contributed by atoms with Crippen LogP contribution in [0.25, 0.3) is 0 Å². The number of amides is 5. The van der Waals surface area contributed by atoms with Crippen LogP contribution in [-0.4, -0.2) is 89.9 Å².